The molecule has 2 aliphatic heterocycles. The van der Waals surface area contributed by atoms with Crippen molar-refractivity contribution in [2.45, 2.75) is 25.8 Å². The first-order valence-electron chi connectivity index (χ1n) is 10.6. The van der Waals surface area contributed by atoms with E-state index in [2.05, 4.69) is 5.16 Å². The maximum atomic E-state index is 13.3. The summed E-state index contributed by atoms with van der Waals surface area (Å²) in [6, 6.07) is 10.6. The Kier molecular flexibility index (Phi) is 5.08. The normalized spacial score (nSPS) is 15.7. The van der Waals surface area contributed by atoms with E-state index in [1.807, 2.05) is 4.90 Å². The summed E-state index contributed by atoms with van der Waals surface area (Å²) < 4.78 is 18.8. The molecule has 0 saturated carbocycles. The van der Waals surface area contributed by atoms with Crippen LogP contribution in [0, 0.1) is 15.9 Å². The smallest absolute Gasteiger partial charge is 0.293 e. The number of carbonyl (C=O) groups is 1. The van der Waals surface area contributed by atoms with Crippen LogP contribution in [0.2, 0.25) is 0 Å². The molecule has 2 aliphatic rings. The van der Waals surface area contributed by atoms with Gasteiger partial charge in [-0.3, -0.25) is 14.9 Å². The molecule has 1 amide bonds. The second-order valence-corrected chi connectivity index (χ2v) is 8.08. The van der Waals surface area contributed by atoms with Gasteiger partial charge in [-0.15, -0.1) is 0 Å². The van der Waals surface area contributed by atoms with Crippen molar-refractivity contribution >= 4 is 17.3 Å². The van der Waals surface area contributed by atoms with Crippen LogP contribution in [0.3, 0.4) is 0 Å². The van der Waals surface area contributed by atoms with Gasteiger partial charge in [0, 0.05) is 48.8 Å². The fourth-order valence-corrected chi connectivity index (χ4v) is 4.42. The molecule has 32 heavy (non-hydrogen) atoms. The van der Waals surface area contributed by atoms with E-state index in [1.165, 1.54) is 18.2 Å². The van der Waals surface area contributed by atoms with Crippen molar-refractivity contribution in [2.75, 3.05) is 24.5 Å². The molecule has 2 aromatic carbocycles. The number of fused-ring (bicyclic) bond motifs is 1. The minimum atomic E-state index is -0.425. The molecule has 1 aromatic heterocycles. The fraction of sp³-hybridized carbons (Fsp3) is 0.304. The lowest BCUT2D eigenvalue weighted by Crippen LogP contribution is -2.36. The van der Waals surface area contributed by atoms with Crippen LogP contribution in [0.1, 0.15) is 34.5 Å². The van der Waals surface area contributed by atoms with E-state index in [4.69, 9.17) is 4.52 Å². The van der Waals surface area contributed by atoms with Gasteiger partial charge in [0.25, 0.3) is 11.6 Å². The van der Waals surface area contributed by atoms with Crippen molar-refractivity contribution in [1.82, 2.24) is 10.1 Å². The van der Waals surface area contributed by atoms with Gasteiger partial charge < -0.3 is 14.3 Å². The van der Waals surface area contributed by atoms with Crippen LogP contribution in [0.4, 0.5) is 15.8 Å². The number of carbonyl (C=O) groups excluding carboxylic acids is 1. The highest BCUT2D eigenvalue weighted by atomic mass is 19.1. The van der Waals surface area contributed by atoms with Crippen molar-refractivity contribution in [3.8, 4) is 11.3 Å². The highest BCUT2D eigenvalue weighted by molar-refractivity contribution is 5.96. The third kappa shape index (κ3) is 3.59. The number of nitro groups is 1. The second kappa shape index (κ2) is 8.07. The Morgan fingerprint density at radius 3 is 2.56 bits per heavy atom. The van der Waals surface area contributed by atoms with Crippen LogP contribution in [0.5, 0.6) is 0 Å². The van der Waals surface area contributed by atoms with Crippen LogP contribution in [-0.4, -0.2) is 40.5 Å². The fourth-order valence-electron chi connectivity index (χ4n) is 4.42. The molecule has 0 aliphatic carbocycles. The highest BCUT2D eigenvalue weighted by Gasteiger charge is 2.30. The molecule has 8 nitrogen and oxygen atoms in total. The van der Waals surface area contributed by atoms with Gasteiger partial charge >= 0.3 is 0 Å². The van der Waals surface area contributed by atoms with Crippen molar-refractivity contribution in [1.29, 1.82) is 0 Å². The lowest BCUT2D eigenvalue weighted by molar-refractivity contribution is -0.384. The molecule has 1 fully saturated rings. The van der Waals surface area contributed by atoms with E-state index in [0.29, 0.717) is 30.0 Å². The Balaban J connectivity index is 1.42. The molecule has 0 bridgehead atoms. The van der Waals surface area contributed by atoms with E-state index in [0.717, 1.165) is 37.2 Å². The number of benzene rings is 2. The molecule has 3 heterocycles. The molecule has 9 heteroatoms. The van der Waals surface area contributed by atoms with Crippen molar-refractivity contribution in [3.05, 3.63) is 75.2 Å². The zero-order valence-electron chi connectivity index (χ0n) is 17.3. The minimum absolute atomic E-state index is 0.0487. The number of halogens is 1. The van der Waals surface area contributed by atoms with Gasteiger partial charge in [-0.25, -0.2) is 4.39 Å². The molecule has 0 spiro atoms. The molecular formula is C23H21FN4O4. The van der Waals surface area contributed by atoms with Crippen LogP contribution in [0.25, 0.3) is 11.3 Å². The average Bonchev–Trinajstić information content (AvgIpc) is 3.48. The second-order valence-electron chi connectivity index (χ2n) is 8.08. The van der Waals surface area contributed by atoms with Gasteiger partial charge in [-0.2, -0.15) is 0 Å². The topological polar surface area (TPSA) is 92.7 Å². The summed E-state index contributed by atoms with van der Waals surface area (Å²) in [7, 11) is 0. The number of nitrogens with zero attached hydrogens (tertiary/aromatic N) is 4. The van der Waals surface area contributed by atoms with E-state index in [-0.39, 0.29) is 29.5 Å². The average molecular weight is 436 g/mol. The summed E-state index contributed by atoms with van der Waals surface area (Å²) in [5, 5.41) is 15.8. The van der Waals surface area contributed by atoms with Crippen molar-refractivity contribution < 1.29 is 18.6 Å². The number of rotatable bonds is 4. The van der Waals surface area contributed by atoms with Crippen LogP contribution in [0.15, 0.2) is 47.0 Å². The zero-order chi connectivity index (χ0) is 22.2. The molecule has 0 radical (unpaired) electrons. The molecule has 1 saturated heterocycles. The summed E-state index contributed by atoms with van der Waals surface area (Å²) >= 11 is 0. The van der Waals surface area contributed by atoms with E-state index < -0.39 is 4.92 Å². The summed E-state index contributed by atoms with van der Waals surface area (Å²) in [5.74, 6) is -0.122. The lowest BCUT2D eigenvalue weighted by atomic mass is 10.0. The molecular weight excluding hydrogens is 415 g/mol. The first kappa shape index (κ1) is 20.2. The number of hydrogen-bond donors (Lipinski definition) is 0. The molecule has 5 rings (SSSR count). The Labute approximate surface area is 183 Å². The van der Waals surface area contributed by atoms with E-state index in [9.17, 15) is 19.3 Å². The van der Waals surface area contributed by atoms with Gasteiger partial charge in [0.05, 0.1) is 17.2 Å². The molecule has 3 aromatic rings. The lowest BCUT2D eigenvalue weighted by Gasteiger charge is -2.27. The number of aromatic nitrogens is 1. The van der Waals surface area contributed by atoms with Crippen LogP contribution in [-0.2, 0) is 13.0 Å². The van der Waals surface area contributed by atoms with Crippen LogP contribution < -0.4 is 4.90 Å². The predicted octanol–water partition coefficient (Wildman–Crippen LogP) is 4.19. The first-order chi connectivity index (χ1) is 15.5. The van der Waals surface area contributed by atoms with Crippen LogP contribution >= 0.6 is 0 Å². The third-order valence-corrected chi connectivity index (χ3v) is 6.10. The summed E-state index contributed by atoms with van der Waals surface area (Å²) in [4.78, 5) is 28.1. The standard InChI is InChI=1S/C23H21FN4O4/c24-17-6-3-15(4-7-17)22-18-14-27(12-9-19(18)25-32-22)23(29)16-5-8-20(21(13-16)28(30)31)26-10-1-2-11-26/h3-8,13H,1-2,9-12,14H2. The number of anilines is 1. The third-order valence-electron chi connectivity index (χ3n) is 6.10. The number of nitro benzene ring substituents is 1. The minimum Gasteiger partial charge on any atom is -0.366 e. The molecule has 0 atom stereocenters. The molecule has 0 N–H and O–H groups in total. The van der Waals surface area contributed by atoms with Gasteiger partial charge in [0.2, 0.25) is 0 Å². The van der Waals surface area contributed by atoms with Crippen molar-refractivity contribution in [2.24, 2.45) is 0 Å². The van der Waals surface area contributed by atoms with Gasteiger partial charge in [0.1, 0.15) is 11.5 Å². The van der Waals surface area contributed by atoms with Gasteiger partial charge in [-0.05, 0) is 49.2 Å². The zero-order valence-corrected chi connectivity index (χ0v) is 17.3. The Morgan fingerprint density at radius 1 is 1.09 bits per heavy atom. The maximum absolute atomic E-state index is 13.3. The Bertz CT molecular complexity index is 1190. The largest absolute Gasteiger partial charge is 0.366 e. The van der Waals surface area contributed by atoms with Gasteiger partial charge in [0.15, 0.2) is 5.76 Å². The highest BCUT2D eigenvalue weighted by Crippen LogP contribution is 2.34. The SMILES string of the molecule is O=C(c1ccc(N2CCCC2)c([N+](=O)[O-])c1)N1CCc2noc(-c3ccc(F)cc3)c2C1. The molecule has 0 unspecified atom stereocenters. The molecule has 164 valence electrons. The number of amides is 1. The number of hydrogen-bond acceptors (Lipinski definition) is 6. The first-order valence-corrected chi connectivity index (χ1v) is 10.6. The monoisotopic (exact) mass is 436 g/mol. The summed E-state index contributed by atoms with van der Waals surface area (Å²) in [5.41, 5.74) is 3.01. The Hall–Kier alpha value is -3.75. The van der Waals surface area contributed by atoms with E-state index in [1.54, 1.807) is 29.2 Å². The quantitative estimate of drug-likeness (QED) is 0.450. The Morgan fingerprint density at radius 2 is 1.84 bits per heavy atom. The predicted molar refractivity (Wildman–Crippen MR) is 115 cm³/mol. The van der Waals surface area contributed by atoms with Crippen molar-refractivity contribution in [3.63, 3.8) is 0 Å². The summed E-state index contributed by atoms with van der Waals surface area (Å²) in [6.45, 7) is 2.26. The van der Waals surface area contributed by atoms with Gasteiger partial charge in [-0.1, -0.05) is 5.16 Å². The maximum Gasteiger partial charge on any atom is 0.293 e. The van der Waals surface area contributed by atoms with E-state index >= 15 is 0 Å². The summed E-state index contributed by atoms with van der Waals surface area (Å²) in [6.07, 6.45) is 2.52.